The van der Waals surface area contributed by atoms with Crippen LogP contribution in [-0.4, -0.2) is 38.1 Å². The molecule has 0 aromatic carbocycles. The normalized spacial score (nSPS) is 27.6. The molecule has 0 aromatic heterocycles. The molecule has 0 aromatic rings. The molecule has 0 radical (unpaired) electrons. The number of hydrogen-bond donors (Lipinski definition) is 1. The molecule has 0 saturated carbocycles. The van der Waals surface area contributed by atoms with E-state index in [2.05, 4.69) is 38.2 Å². The second-order valence-electron chi connectivity index (χ2n) is 5.08. The molecule has 0 spiro atoms. The summed E-state index contributed by atoms with van der Waals surface area (Å²) in [5.74, 6) is 1.59. The maximum atomic E-state index is 3.49. The van der Waals surface area contributed by atoms with E-state index in [1.807, 2.05) is 0 Å². The van der Waals surface area contributed by atoms with Crippen LogP contribution in [0.5, 0.6) is 0 Å². The van der Waals surface area contributed by atoms with Gasteiger partial charge in [0, 0.05) is 12.6 Å². The summed E-state index contributed by atoms with van der Waals surface area (Å²) in [5, 5.41) is 3.49. The van der Waals surface area contributed by atoms with E-state index in [0.29, 0.717) is 6.04 Å². The van der Waals surface area contributed by atoms with Crippen molar-refractivity contribution in [2.24, 2.45) is 11.8 Å². The van der Waals surface area contributed by atoms with E-state index in [9.17, 15) is 0 Å². The fourth-order valence-corrected chi connectivity index (χ4v) is 2.78. The molecule has 2 unspecified atom stereocenters. The van der Waals surface area contributed by atoms with Gasteiger partial charge in [-0.15, -0.1) is 0 Å². The zero-order valence-electron chi connectivity index (χ0n) is 10.2. The number of nitrogens with one attached hydrogen (secondary N) is 1. The van der Waals surface area contributed by atoms with Gasteiger partial charge in [-0.2, -0.15) is 0 Å². The van der Waals surface area contributed by atoms with Crippen molar-refractivity contribution in [3.63, 3.8) is 0 Å². The van der Waals surface area contributed by atoms with Gasteiger partial charge < -0.3 is 10.2 Å². The van der Waals surface area contributed by atoms with Gasteiger partial charge in [-0.1, -0.05) is 20.3 Å². The van der Waals surface area contributed by atoms with Gasteiger partial charge in [-0.05, 0) is 45.3 Å². The van der Waals surface area contributed by atoms with Crippen molar-refractivity contribution in [2.45, 2.75) is 39.2 Å². The summed E-state index contributed by atoms with van der Waals surface area (Å²) in [6.07, 6.45) is 4.18. The molecule has 0 aliphatic carbocycles. The Balaban J connectivity index is 2.54. The van der Waals surface area contributed by atoms with Crippen LogP contribution in [0.4, 0.5) is 0 Å². The first kappa shape index (κ1) is 12.0. The van der Waals surface area contributed by atoms with Gasteiger partial charge in [0.15, 0.2) is 0 Å². The van der Waals surface area contributed by atoms with E-state index in [4.69, 9.17) is 0 Å². The second kappa shape index (κ2) is 5.72. The Morgan fingerprint density at radius 3 is 2.57 bits per heavy atom. The first-order valence-corrected chi connectivity index (χ1v) is 6.01. The number of rotatable bonds is 3. The van der Waals surface area contributed by atoms with Crippen molar-refractivity contribution in [2.75, 3.05) is 27.2 Å². The standard InChI is InChI=1S/C12H26N2/c1-10(2)12(13-3)11-7-5-6-8-14(4)9-11/h10-13H,5-9H2,1-4H3. The fourth-order valence-electron chi connectivity index (χ4n) is 2.78. The summed E-state index contributed by atoms with van der Waals surface area (Å²) in [5.41, 5.74) is 0. The summed E-state index contributed by atoms with van der Waals surface area (Å²) in [6, 6.07) is 0.690. The smallest absolute Gasteiger partial charge is 0.0127 e. The van der Waals surface area contributed by atoms with E-state index < -0.39 is 0 Å². The van der Waals surface area contributed by atoms with Gasteiger partial charge in [0.1, 0.15) is 0 Å². The third-order valence-electron chi connectivity index (χ3n) is 3.47. The molecule has 2 nitrogen and oxygen atoms in total. The predicted octanol–water partition coefficient (Wildman–Crippen LogP) is 1.96. The molecule has 1 aliphatic rings. The van der Waals surface area contributed by atoms with Crippen LogP contribution in [0, 0.1) is 11.8 Å². The van der Waals surface area contributed by atoms with Crippen LogP contribution in [0.25, 0.3) is 0 Å². The largest absolute Gasteiger partial charge is 0.316 e. The molecule has 14 heavy (non-hydrogen) atoms. The van der Waals surface area contributed by atoms with Gasteiger partial charge in [-0.25, -0.2) is 0 Å². The van der Waals surface area contributed by atoms with E-state index in [-0.39, 0.29) is 0 Å². The lowest BCUT2D eigenvalue weighted by Gasteiger charge is -2.31. The minimum absolute atomic E-state index is 0.690. The SMILES string of the molecule is CNC(C(C)C)C1CCCCN(C)C1. The highest BCUT2D eigenvalue weighted by molar-refractivity contribution is 4.81. The second-order valence-corrected chi connectivity index (χ2v) is 5.08. The van der Waals surface area contributed by atoms with Crippen molar-refractivity contribution >= 4 is 0 Å². The Labute approximate surface area is 89.1 Å². The average Bonchev–Trinajstić information content (AvgIpc) is 2.31. The van der Waals surface area contributed by atoms with Crippen molar-refractivity contribution in [3.8, 4) is 0 Å². The maximum absolute atomic E-state index is 3.49. The highest BCUT2D eigenvalue weighted by atomic mass is 15.1. The Bertz CT molecular complexity index is 156. The van der Waals surface area contributed by atoms with Crippen LogP contribution in [0.3, 0.4) is 0 Å². The van der Waals surface area contributed by atoms with Crippen LogP contribution in [0.1, 0.15) is 33.1 Å². The van der Waals surface area contributed by atoms with E-state index in [0.717, 1.165) is 11.8 Å². The molecule has 84 valence electrons. The van der Waals surface area contributed by atoms with Gasteiger partial charge >= 0.3 is 0 Å². The van der Waals surface area contributed by atoms with Crippen molar-refractivity contribution < 1.29 is 0 Å². The van der Waals surface area contributed by atoms with Gasteiger partial charge in [0.05, 0.1) is 0 Å². The quantitative estimate of drug-likeness (QED) is 0.746. The number of hydrogen-bond acceptors (Lipinski definition) is 2. The molecule has 1 saturated heterocycles. The summed E-state index contributed by atoms with van der Waals surface area (Å²) < 4.78 is 0. The molecular weight excluding hydrogens is 172 g/mol. The predicted molar refractivity (Wildman–Crippen MR) is 62.5 cm³/mol. The summed E-state index contributed by atoms with van der Waals surface area (Å²) in [4.78, 5) is 2.49. The van der Waals surface area contributed by atoms with Crippen LogP contribution in [0.2, 0.25) is 0 Å². The van der Waals surface area contributed by atoms with E-state index >= 15 is 0 Å². The van der Waals surface area contributed by atoms with Crippen LogP contribution in [-0.2, 0) is 0 Å². The Morgan fingerprint density at radius 1 is 1.29 bits per heavy atom. The molecule has 1 N–H and O–H groups in total. The van der Waals surface area contributed by atoms with Crippen LogP contribution < -0.4 is 5.32 Å². The fraction of sp³-hybridized carbons (Fsp3) is 1.00. The monoisotopic (exact) mass is 198 g/mol. The third kappa shape index (κ3) is 3.25. The highest BCUT2D eigenvalue weighted by Gasteiger charge is 2.25. The molecule has 1 heterocycles. The zero-order valence-corrected chi connectivity index (χ0v) is 10.2. The van der Waals surface area contributed by atoms with E-state index in [1.165, 1.54) is 32.4 Å². The van der Waals surface area contributed by atoms with Crippen LogP contribution >= 0.6 is 0 Å². The van der Waals surface area contributed by atoms with Gasteiger partial charge in [0.25, 0.3) is 0 Å². The first-order valence-electron chi connectivity index (χ1n) is 6.01. The molecule has 2 atom stereocenters. The molecule has 1 rings (SSSR count). The average molecular weight is 198 g/mol. The minimum atomic E-state index is 0.690. The lowest BCUT2D eigenvalue weighted by molar-refractivity contribution is 0.223. The minimum Gasteiger partial charge on any atom is -0.316 e. The summed E-state index contributed by atoms with van der Waals surface area (Å²) in [7, 11) is 4.36. The Hall–Kier alpha value is -0.0800. The summed E-state index contributed by atoms with van der Waals surface area (Å²) >= 11 is 0. The third-order valence-corrected chi connectivity index (χ3v) is 3.47. The van der Waals surface area contributed by atoms with E-state index in [1.54, 1.807) is 0 Å². The summed E-state index contributed by atoms with van der Waals surface area (Å²) in [6.45, 7) is 7.20. The molecule has 0 bridgehead atoms. The highest BCUT2D eigenvalue weighted by Crippen LogP contribution is 2.22. The Morgan fingerprint density at radius 2 is 2.00 bits per heavy atom. The van der Waals surface area contributed by atoms with Crippen molar-refractivity contribution in [1.29, 1.82) is 0 Å². The van der Waals surface area contributed by atoms with Crippen molar-refractivity contribution in [3.05, 3.63) is 0 Å². The first-order chi connectivity index (χ1) is 6.65. The van der Waals surface area contributed by atoms with Gasteiger partial charge in [0.2, 0.25) is 0 Å². The maximum Gasteiger partial charge on any atom is 0.0127 e. The van der Waals surface area contributed by atoms with Crippen LogP contribution in [0.15, 0.2) is 0 Å². The lowest BCUT2D eigenvalue weighted by atomic mass is 9.87. The van der Waals surface area contributed by atoms with Crippen molar-refractivity contribution in [1.82, 2.24) is 10.2 Å². The number of likely N-dealkylation sites (tertiary alicyclic amines) is 1. The number of nitrogens with zero attached hydrogens (tertiary/aromatic N) is 1. The van der Waals surface area contributed by atoms with Gasteiger partial charge in [-0.3, -0.25) is 0 Å². The lowest BCUT2D eigenvalue weighted by Crippen LogP contribution is -2.42. The molecule has 2 heteroatoms. The Kier molecular flexibility index (Phi) is 4.90. The molecule has 1 fully saturated rings. The topological polar surface area (TPSA) is 15.3 Å². The molecule has 1 aliphatic heterocycles. The molecular formula is C12H26N2. The zero-order chi connectivity index (χ0) is 10.6. The molecule has 0 amide bonds.